The fraction of sp³-hybridized carbons (Fsp3) is 0.273. The van der Waals surface area contributed by atoms with Gasteiger partial charge in [0.25, 0.3) is 17.5 Å². The van der Waals surface area contributed by atoms with E-state index in [4.69, 9.17) is 9.47 Å². The van der Waals surface area contributed by atoms with Crippen molar-refractivity contribution >= 4 is 28.8 Å². The van der Waals surface area contributed by atoms with Crippen molar-refractivity contribution in [2.24, 2.45) is 0 Å². The molecule has 9 heteroatoms. The predicted molar refractivity (Wildman–Crippen MR) is 115 cm³/mol. The average Bonchev–Trinajstić information content (AvgIpc) is 2.99. The first-order valence-corrected chi connectivity index (χ1v) is 9.93. The number of likely N-dealkylation sites (N-methyl/N-ethyl adjacent to an activating group) is 1. The lowest BCUT2D eigenvalue weighted by molar-refractivity contribution is -0.384. The normalized spacial score (nSPS) is 13.6. The van der Waals surface area contributed by atoms with E-state index in [0.29, 0.717) is 36.0 Å². The minimum atomic E-state index is -0.521. The molecule has 31 heavy (non-hydrogen) atoms. The van der Waals surface area contributed by atoms with Gasteiger partial charge in [0.05, 0.1) is 23.7 Å². The third-order valence-corrected chi connectivity index (χ3v) is 4.66. The highest BCUT2D eigenvalue weighted by Gasteiger charge is 2.38. The fourth-order valence-electron chi connectivity index (χ4n) is 3.27. The van der Waals surface area contributed by atoms with Gasteiger partial charge in [-0.2, -0.15) is 0 Å². The Labute approximate surface area is 179 Å². The number of carbonyl (C=O) groups excluding carboxylic acids is 2. The number of amides is 2. The van der Waals surface area contributed by atoms with E-state index in [1.165, 1.54) is 24.3 Å². The van der Waals surface area contributed by atoms with Crippen LogP contribution in [0.4, 0.5) is 11.4 Å². The van der Waals surface area contributed by atoms with Gasteiger partial charge in [0.15, 0.2) is 11.5 Å². The van der Waals surface area contributed by atoms with E-state index in [9.17, 15) is 19.7 Å². The summed E-state index contributed by atoms with van der Waals surface area (Å²) in [6, 6.07) is 10.7. The molecule has 0 bridgehead atoms. The average molecular weight is 425 g/mol. The van der Waals surface area contributed by atoms with E-state index in [1.807, 2.05) is 13.8 Å². The van der Waals surface area contributed by atoms with Crippen molar-refractivity contribution < 1.29 is 24.0 Å². The van der Waals surface area contributed by atoms with Crippen molar-refractivity contribution in [2.45, 2.75) is 20.8 Å². The molecule has 2 amide bonds. The highest BCUT2D eigenvalue weighted by molar-refractivity contribution is 6.36. The highest BCUT2D eigenvalue weighted by atomic mass is 16.6. The Balaban J connectivity index is 2.04. The van der Waals surface area contributed by atoms with Crippen LogP contribution in [-0.2, 0) is 9.59 Å². The van der Waals surface area contributed by atoms with Gasteiger partial charge in [-0.25, -0.2) is 0 Å². The smallest absolute Gasteiger partial charge is 0.278 e. The van der Waals surface area contributed by atoms with Gasteiger partial charge in [-0.1, -0.05) is 0 Å². The Bertz CT molecular complexity index is 1050. The summed E-state index contributed by atoms with van der Waals surface area (Å²) in [5.74, 6) is 0.159. The Morgan fingerprint density at radius 1 is 0.935 bits per heavy atom. The number of carbonyl (C=O) groups is 2. The maximum Gasteiger partial charge on any atom is 0.278 e. The molecule has 1 aliphatic heterocycles. The third kappa shape index (κ3) is 4.35. The van der Waals surface area contributed by atoms with E-state index in [2.05, 4.69) is 5.32 Å². The van der Waals surface area contributed by atoms with E-state index < -0.39 is 16.7 Å². The summed E-state index contributed by atoms with van der Waals surface area (Å²) in [6.45, 7) is 6.53. The molecule has 0 aromatic heterocycles. The fourth-order valence-corrected chi connectivity index (χ4v) is 3.27. The number of ether oxygens (including phenoxy) is 2. The monoisotopic (exact) mass is 425 g/mol. The molecule has 2 aromatic rings. The molecule has 0 aliphatic carbocycles. The van der Waals surface area contributed by atoms with Crippen LogP contribution >= 0.6 is 0 Å². The van der Waals surface area contributed by atoms with Gasteiger partial charge < -0.3 is 14.8 Å². The van der Waals surface area contributed by atoms with Crippen molar-refractivity contribution in [2.75, 3.05) is 25.1 Å². The van der Waals surface area contributed by atoms with Crippen LogP contribution in [0.3, 0.4) is 0 Å². The van der Waals surface area contributed by atoms with Gasteiger partial charge in [0.2, 0.25) is 0 Å². The Hall–Kier alpha value is -3.88. The van der Waals surface area contributed by atoms with Crippen LogP contribution in [0.15, 0.2) is 48.2 Å². The molecule has 162 valence electrons. The first kappa shape index (κ1) is 21.8. The second kappa shape index (κ2) is 9.29. The van der Waals surface area contributed by atoms with Crippen LogP contribution < -0.4 is 14.8 Å². The number of nitro groups is 1. The maximum absolute atomic E-state index is 12.9. The maximum atomic E-state index is 12.9. The molecule has 0 saturated heterocycles. The molecular weight excluding hydrogens is 402 g/mol. The van der Waals surface area contributed by atoms with E-state index in [1.54, 1.807) is 25.1 Å². The van der Waals surface area contributed by atoms with Gasteiger partial charge in [-0.3, -0.25) is 24.6 Å². The summed E-state index contributed by atoms with van der Waals surface area (Å²) in [5.41, 5.74) is 1.12. The Morgan fingerprint density at radius 3 is 2.16 bits per heavy atom. The number of non-ortho nitro benzene ring substituents is 1. The largest absolute Gasteiger partial charge is 0.490 e. The van der Waals surface area contributed by atoms with Gasteiger partial charge in [-0.05, 0) is 50.6 Å². The van der Waals surface area contributed by atoms with Crippen LogP contribution in [0.25, 0.3) is 5.57 Å². The van der Waals surface area contributed by atoms with Gasteiger partial charge in [0, 0.05) is 30.4 Å². The first-order chi connectivity index (χ1) is 14.9. The molecule has 1 N–H and O–H groups in total. The number of imide groups is 1. The summed E-state index contributed by atoms with van der Waals surface area (Å²) in [6.07, 6.45) is 0. The van der Waals surface area contributed by atoms with Crippen molar-refractivity contribution in [3.63, 3.8) is 0 Å². The molecule has 3 rings (SSSR count). The van der Waals surface area contributed by atoms with Crippen molar-refractivity contribution in [3.05, 3.63) is 63.8 Å². The second-order valence-electron chi connectivity index (χ2n) is 6.56. The van der Waals surface area contributed by atoms with Crippen molar-refractivity contribution in [1.29, 1.82) is 0 Å². The van der Waals surface area contributed by atoms with Crippen LogP contribution in [0, 0.1) is 10.1 Å². The molecular formula is C22H23N3O6. The minimum Gasteiger partial charge on any atom is -0.490 e. The molecule has 0 fully saturated rings. The topological polar surface area (TPSA) is 111 Å². The predicted octanol–water partition coefficient (Wildman–Crippen LogP) is 3.60. The number of nitrogens with one attached hydrogen (secondary N) is 1. The van der Waals surface area contributed by atoms with E-state index in [-0.39, 0.29) is 23.5 Å². The number of benzene rings is 2. The standard InChI is InChI=1S/C22H23N3O6/c1-4-24-21(26)19(14-7-10-16(11-8-14)25(28)29)20(22(24)27)23-15-9-12-17(30-5-2)18(13-15)31-6-3/h7-13,23H,4-6H2,1-3H3. The van der Waals surface area contributed by atoms with Crippen molar-refractivity contribution in [3.8, 4) is 11.5 Å². The number of anilines is 1. The zero-order chi connectivity index (χ0) is 22.5. The number of rotatable bonds is 9. The summed E-state index contributed by atoms with van der Waals surface area (Å²) >= 11 is 0. The van der Waals surface area contributed by atoms with Gasteiger partial charge >= 0.3 is 0 Å². The Morgan fingerprint density at radius 2 is 1.58 bits per heavy atom. The minimum absolute atomic E-state index is 0.101. The number of hydrogen-bond acceptors (Lipinski definition) is 7. The second-order valence-corrected chi connectivity index (χ2v) is 6.56. The molecule has 9 nitrogen and oxygen atoms in total. The highest BCUT2D eigenvalue weighted by Crippen LogP contribution is 2.34. The Kier molecular flexibility index (Phi) is 6.54. The zero-order valence-corrected chi connectivity index (χ0v) is 17.5. The molecule has 2 aromatic carbocycles. The summed E-state index contributed by atoms with van der Waals surface area (Å²) in [7, 11) is 0. The lowest BCUT2D eigenvalue weighted by Gasteiger charge is -2.14. The first-order valence-electron chi connectivity index (χ1n) is 9.93. The molecule has 1 aliphatic rings. The van der Waals surface area contributed by atoms with Crippen LogP contribution in [0.2, 0.25) is 0 Å². The third-order valence-electron chi connectivity index (χ3n) is 4.66. The van der Waals surface area contributed by atoms with Crippen molar-refractivity contribution in [1.82, 2.24) is 4.90 Å². The van der Waals surface area contributed by atoms with E-state index >= 15 is 0 Å². The summed E-state index contributed by atoms with van der Waals surface area (Å²) < 4.78 is 11.2. The number of nitro benzene ring substituents is 1. The molecule has 0 spiro atoms. The van der Waals surface area contributed by atoms with Crippen LogP contribution in [-0.4, -0.2) is 41.4 Å². The lowest BCUT2D eigenvalue weighted by atomic mass is 10.0. The molecule has 0 radical (unpaired) electrons. The van der Waals surface area contributed by atoms with Crippen LogP contribution in [0.1, 0.15) is 26.3 Å². The molecule has 0 unspecified atom stereocenters. The molecule has 0 saturated carbocycles. The van der Waals surface area contributed by atoms with Crippen LogP contribution in [0.5, 0.6) is 11.5 Å². The molecule has 0 atom stereocenters. The summed E-state index contributed by atoms with van der Waals surface area (Å²) in [5, 5.41) is 14.0. The van der Waals surface area contributed by atoms with Gasteiger partial charge in [-0.15, -0.1) is 0 Å². The van der Waals surface area contributed by atoms with Gasteiger partial charge in [0.1, 0.15) is 5.70 Å². The number of nitrogens with zero attached hydrogens (tertiary/aromatic N) is 2. The molecule has 1 heterocycles. The SMILES string of the molecule is CCOc1ccc(NC2=C(c3ccc([N+](=O)[O-])cc3)C(=O)N(CC)C2=O)cc1OCC. The number of hydrogen-bond donors (Lipinski definition) is 1. The zero-order valence-electron chi connectivity index (χ0n) is 17.5. The quantitative estimate of drug-likeness (QED) is 0.371. The summed E-state index contributed by atoms with van der Waals surface area (Å²) in [4.78, 5) is 37.4. The lowest BCUT2D eigenvalue weighted by Crippen LogP contribution is -2.32. The van der Waals surface area contributed by atoms with E-state index in [0.717, 1.165) is 4.90 Å².